The summed E-state index contributed by atoms with van der Waals surface area (Å²) in [5, 5.41) is 0. The second-order valence-electron chi connectivity index (χ2n) is 0.954. The molecule has 0 nitrogen and oxygen atoms in total. The van der Waals surface area contributed by atoms with E-state index in [4.69, 9.17) is 0 Å². The number of hydrogen-bond acceptors (Lipinski definition) is 0. The fraction of sp³-hybridized carbons (Fsp3) is 0.167. The van der Waals surface area contributed by atoms with Crippen LogP contribution in [-0.4, -0.2) is 0 Å². The van der Waals surface area contributed by atoms with Crippen LogP contribution in [-0.2, 0) is 0 Å². The summed E-state index contributed by atoms with van der Waals surface area (Å²) in [5.74, 6) is 0. The Balaban J connectivity index is 3.07. The Hall–Kier alpha value is -0.520. The molecule has 0 aliphatic heterocycles. The predicted molar refractivity (Wildman–Crippen MR) is 29.3 cm³/mol. The van der Waals surface area contributed by atoms with Gasteiger partial charge in [0.05, 0.1) is 0 Å². The Kier molecular flexibility index (Phi) is 4.09. The van der Waals surface area contributed by atoms with Crippen molar-refractivity contribution in [2.75, 3.05) is 0 Å². The van der Waals surface area contributed by atoms with Crippen molar-refractivity contribution in [3.63, 3.8) is 0 Å². The second-order valence-corrected chi connectivity index (χ2v) is 0.954. The summed E-state index contributed by atoms with van der Waals surface area (Å²) in [6.07, 6.45) is 7.54. The average Bonchev–Trinajstić information content (AvgIpc) is 1.61. The number of allylic oxidation sites excluding steroid dienone is 4. The summed E-state index contributed by atoms with van der Waals surface area (Å²) < 4.78 is 0. The molecule has 0 aliphatic carbocycles. The highest BCUT2D eigenvalue weighted by molar-refractivity contribution is 5.01. The lowest BCUT2D eigenvalue weighted by Gasteiger charge is -1.62. The number of hydrogen-bond donors (Lipinski definition) is 0. The SMILES string of the molecule is [CH2]/C=C/C=CC. The molecule has 0 saturated heterocycles. The van der Waals surface area contributed by atoms with Gasteiger partial charge in [-0.3, -0.25) is 0 Å². The first-order valence-electron chi connectivity index (χ1n) is 1.99. The van der Waals surface area contributed by atoms with Gasteiger partial charge in [-0.05, 0) is 13.8 Å². The lowest BCUT2D eigenvalue weighted by molar-refractivity contribution is 1.73. The van der Waals surface area contributed by atoms with Crippen LogP contribution in [0.3, 0.4) is 0 Å². The molecule has 0 fully saturated rings. The second kappa shape index (κ2) is 4.48. The van der Waals surface area contributed by atoms with Gasteiger partial charge in [0.2, 0.25) is 0 Å². The summed E-state index contributed by atoms with van der Waals surface area (Å²) in [7, 11) is 0. The molecule has 0 aromatic heterocycles. The molecule has 0 atom stereocenters. The van der Waals surface area contributed by atoms with Crippen LogP contribution in [0.5, 0.6) is 0 Å². The van der Waals surface area contributed by atoms with Crippen LogP contribution in [0, 0.1) is 6.92 Å². The van der Waals surface area contributed by atoms with Gasteiger partial charge in [-0.25, -0.2) is 0 Å². The summed E-state index contributed by atoms with van der Waals surface area (Å²) in [6.45, 7) is 5.46. The zero-order valence-corrected chi connectivity index (χ0v) is 4.02. The van der Waals surface area contributed by atoms with E-state index in [1.54, 1.807) is 6.08 Å². The van der Waals surface area contributed by atoms with Crippen molar-refractivity contribution < 1.29 is 0 Å². The van der Waals surface area contributed by atoms with Crippen LogP contribution in [0.2, 0.25) is 0 Å². The standard InChI is InChI=1S/C6H9/c1-3-5-6-4-2/h3-6H,1H2,2H3/b5-3+,6-4?. The maximum atomic E-state index is 3.49. The van der Waals surface area contributed by atoms with Crippen LogP contribution >= 0.6 is 0 Å². The molecule has 0 heterocycles. The molecular formula is C6H9. The minimum Gasteiger partial charge on any atom is -0.0877 e. The maximum absolute atomic E-state index is 3.49. The summed E-state index contributed by atoms with van der Waals surface area (Å²) >= 11 is 0. The topological polar surface area (TPSA) is 0 Å². The highest BCUT2D eigenvalue weighted by Crippen LogP contribution is 1.70. The van der Waals surface area contributed by atoms with E-state index in [0.29, 0.717) is 0 Å². The molecule has 0 N–H and O–H groups in total. The predicted octanol–water partition coefficient (Wildman–Crippen LogP) is 1.95. The van der Waals surface area contributed by atoms with Gasteiger partial charge in [-0.1, -0.05) is 24.3 Å². The van der Waals surface area contributed by atoms with Crippen LogP contribution in [0.25, 0.3) is 0 Å². The smallest absolute Gasteiger partial charge is 0.0313 e. The highest BCUT2D eigenvalue weighted by atomic mass is 13.6. The maximum Gasteiger partial charge on any atom is -0.0313 e. The molecule has 0 aromatic carbocycles. The van der Waals surface area contributed by atoms with Crippen LogP contribution in [0.4, 0.5) is 0 Å². The molecular weight excluding hydrogens is 72.1 g/mol. The first kappa shape index (κ1) is 5.48. The van der Waals surface area contributed by atoms with Crippen molar-refractivity contribution in [1.29, 1.82) is 0 Å². The molecule has 0 rings (SSSR count). The normalized spacial score (nSPS) is 11.7. The van der Waals surface area contributed by atoms with Crippen molar-refractivity contribution >= 4 is 0 Å². The molecule has 0 bridgehead atoms. The van der Waals surface area contributed by atoms with Crippen molar-refractivity contribution in [2.45, 2.75) is 6.92 Å². The fourth-order valence-corrected chi connectivity index (χ4v) is 0.190. The van der Waals surface area contributed by atoms with Gasteiger partial charge in [0.1, 0.15) is 0 Å². The molecule has 0 amide bonds. The molecule has 0 saturated carbocycles. The first-order valence-corrected chi connectivity index (χ1v) is 1.99. The van der Waals surface area contributed by atoms with E-state index in [2.05, 4.69) is 6.92 Å². The largest absolute Gasteiger partial charge is 0.0877 e. The monoisotopic (exact) mass is 81.1 g/mol. The zero-order chi connectivity index (χ0) is 4.83. The number of rotatable bonds is 1. The molecule has 0 aromatic rings. The summed E-state index contributed by atoms with van der Waals surface area (Å²) in [6, 6.07) is 0. The van der Waals surface area contributed by atoms with Crippen molar-refractivity contribution in [2.24, 2.45) is 0 Å². The molecule has 0 spiro atoms. The van der Waals surface area contributed by atoms with E-state index in [9.17, 15) is 0 Å². The Morgan fingerprint density at radius 1 is 1.33 bits per heavy atom. The van der Waals surface area contributed by atoms with Crippen molar-refractivity contribution in [3.8, 4) is 0 Å². The zero-order valence-electron chi connectivity index (χ0n) is 4.02. The molecule has 0 unspecified atom stereocenters. The lowest BCUT2D eigenvalue weighted by atomic mass is 10.5. The molecule has 1 radical (unpaired) electrons. The van der Waals surface area contributed by atoms with Crippen LogP contribution in [0.1, 0.15) is 6.92 Å². The van der Waals surface area contributed by atoms with Gasteiger partial charge in [0, 0.05) is 0 Å². The van der Waals surface area contributed by atoms with E-state index in [0.717, 1.165) is 0 Å². The Morgan fingerprint density at radius 3 is 2.17 bits per heavy atom. The Labute approximate surface area is 39.2 Å². The average molecular weight is 81.1 g/mol. The third kappa shape index (κ3) is 3.48. The Bertz CT molecular complexity index is 48.4. The molecule has 33 valence electrons. The van der Waals surface area contributed by atoms with Gasteiger partial charge in [-0.2, -0.15) is 0 Å². The van der Waals surface area contributed by atoms with E-state index in [1.807, 2.05) is 25.2 Å². The van der Waals surface area contributed by atoms with Gasteiger partial charge in [-0.15, -0.1) is 0 Å². The molecule has 6 heavy (non-hydrogen) atoms. The highest BCUT2D eigenvalue weighted by Gasteiger charge is 1.49. The quantitative estimate of drug-likeness (QED) is 0.423. The van der Waals surface area contributed by atoms with E-state index < -0.39 is 0 Å². The van der Waals surface area contributed by atoms with Crippen molar-refractivity contribution in [1.82, 2.24) is 0 Å². The summed E-state index contributed by atoms with van der Waals surface area (Å²) in [4.78, 5) is 0. The van der Waals surface area contributed by atoms with E-state index in [-0.39, 0.29) is 0 Å². The van der Waals surface area contributed by atoms with E-state index in [1.165, 1.54) is 0 Å². The first-order chi connectivity index (χ1) is 2.91. The third-order valence-corrected chi connectivity index (χ3v) is 0.440. The van der Waals surface area contributed by atoms with Crippen LogP contribution in [0.15, 0.2) is 24.3 Å². The fourth-order valence-electron chi connectivity index (χ4n) is 0.190. The van der Waals surface area contributed by atoms with Gasteiger partial charge in [0.25, 0.3) is 0 Å². The molecule has 0 heteroatoms. The Morgan fingerprint density at radius 2 is 2.00 bits per heavy atom. The van der Waals surface area contributed by atoms with E-state index >= 15 is 0 Å². The van der Waals surface area contributed by atoms with Crippen LogP contribution < -0.4 is 0 Å². The van der Waals surface area contributed by atoms with Crippen molar-refractivity contribution in [3.05, 3.63) is 31.2 Å². The summed E-state index contributed by atoms with van der Waals surface area (Å²) in [5.41, 5.74) is 0. The van der Waals surface area contributed by atoms with Gasteiger partial charge in [0.15, 0.2) is 0 Å². The molecule has 0 aliphatic rings. The minimum absolute atomic E-state index is 1.75. The minimum atomic E-state index is 1.75. The van der Waals surface area contributed by atoms with Gasteiger partial charge < -0.3 is 0 Å². The van der Waals surface area contributed by atoms with Gasteiger partial charge >= 0.3 is 0 Å². The lowest BCUT2D eigenvalue weighted by Crippen LogP contribution is -1.40. The third-order valence-electron chi connectivity index (χ3n) is 0.440.